The summed E-state index contributed by atoms with van der Waals surface area (Å²) < 4.78 is 10.5. The Morgan fingerprint density at radius 2 is 2.36 bits per heavy atom. The molecule has 0 aromatic heterocycles. The van der Waals surface area contributed by atoms with Crippen molar-refractivity contribution in [1.29, 1.82) is 0 Å². The third-order valence-electron chi connectivity index (χ3n) is 3.23. The summed E-state index contributed by atoms with van der Waals surface area (Å²) in [6.45, 7) is 3.53. The number of carbonyl (C=O) groups is 1. The van der Waals surface area contributed by atoms with Gasteiger partial charge in [-0.1, -0.05) is 11.6 Å². The van der Waals surface area contributed by atoms with E-state index >= 15 is 0 Å². The molecule has 1 aliphatic rings. The maximum absolute atomic E-state index is 11.8. The van der Waals surface area contributed by atoms with E-state index in [4.69, 9.17) is 33.3 Å². The lowest BCUT2D eigenvalue weighted by Gasteiger charge is -2.14. The molecule has 1 heterocycles. The van der Waals surface area contributed by atoms with Crippen LogP contribution < -0.4 is 10.6 Å². The highest BCUT2D eigenvalue weighted by atomic mass is 35.5. The molecule has 0 amide bonds. The van der Waals surface area contributed by atoms with Gasteiger partial charge < -0.3 is 20.1 Å². The van der Waals surface area contributed by atoms with E-state index in [0.29, 0.717) is 34.5 Å². The van der Waals surface area contributed by atoms with E-state index < -0.39 is 5.97 Å². The van der Waals surface area contributed by atoms with Crippen LogP contribution in [0, 0.1) is 0 Å². The van der Waals surface area contributed by atoms with Crippen molar-refractivity contribution in [3.8, 4) is 0 Å². The molecule has 0 radical (unpaired) electrons. The molecule has 2 N–H and O–H groups in total. The van der Waals surface area contributed by atoms with Crippen LogP contribution in [0.4, 0.5) is 5.69 Å². The molecule has 5 nitrogen and oxygen atoms in total. The molecule has 0 spiro atoms. The smallest absolute Gasteiger partial charge is 0.339 e. The quantitative estimate of drug-likeness (QED) is 0.633. The molecule has 1 aliphatic heterocycles. The lowest BCUT2D eigenvalue weighted by atomic mass is 10.2. The predicted octanol–water partition coefficient (Wildman–Crippen LogP) is 2.98. The maximum Gasteiger partial charge on any atom is 0.339 e. The summed E-state index contributed by atoms with van der Waals surface area (Å²) in [6.07, 6.45) is 2.34. The highest BCUT2D eigenvalue weighted by molar-refractivity contribution is 7.80. The second kappa shape index (κ2) is 8.31. The van der Waals surface area contributed by atoms with Crippen LogP contribution in [-0.4, -0.2) is 36.9 Å². The van der Waals surface area contributed by atoms with E-state index in [2.05, 4.69) is 10.6 Å². The summed E-state index contributed by atoms with van der Waals surface area (Å²) in [5, 5.41) is 6.97. The molecule has 120 valence electrons. The van der Waals surface area contributed by atoms with E-state index in [1.807, 2.05) is 0 Å². The molecular formula is C15H19ClN2O3S. The average Bonchev–Trinajstić information content (AvgIpc) is 3.01. The van der Waals surface area contributed by atoms with Crippen LogP contribution in [0.25, 0.3) is 0 Å². The molecule has 0 bridgehead atoms. The van der Waals surface area contributed by atoms with Gasteiger partial charge in [0.25, 0.3) is 0 Å². The zero-order valence-corrected chi connectivity index (χ0v) is 13.9. The standard InChI is InChI=1S/C15H19ClN2O3S/c1-2-20-14(19)12-8-10(5-6-13(12)16)18-15(22)17-9-11-4-3-7-21-11/h5-6,8,11H,2-4,7,9H2,1H3,(H2,17,18,22)/t11-/m0/s1. The second-order valence-corrected chi connectivity index (χ2v) is 5.70. The van der Waals surface area contributed by atoms with Gasteiger partial charge in [0.15, 0.2) is 5.11 Å². The number of ether oxygens (including phenoxy) is 2. The number of hydrogen-bond donors (Lipinski definition) is 2. The van der Waals surface area contributed by atoms with Gasteiger partial charge in [-0.05, 0) is 50.2 Å². The lowest BCUT2D eigenvalue weighted by molar-refractivity contribution is 0.0526. The Morgan fingerprint density at radius 1 is 1.55 bits per heavy atom. The van der Waals surface area contributed by atoms with Gasteiger partial charge in [0, 0.05) is 18.8 Å². The molecular weight excluding hydrogens is 324 g/mol. The first-order chi connectivity index (χ1) is 10.6. The largest absolute Gasteiger partial charge is 0.462 e. The summed E-state index contributed by atoms with van der Waals surface area (Å²) in [7, 11) is 0. The van der Waals surface area contributed by atoms with Gasteiger partial charge in [-0.3, -0.25) is 0 Å². The molecule has 0 aliphatic carbocycles. The monoisotopic (exact) mass is 342 g/mol. The van der Waals surface area contributed by atoms with Crippen molar-refractivity contribution < 1.29 is 14.3 Å². The van der Waals surface area contributed by atoms with Crippen molar-refractivity contribution in [3.05, 3.63) is 28.8 Å². The molecule has 2 rings (SSSR count). The summed E-state index contributed by atoms with van der Waals surface area (Å²) in [5.41, 5.74) is 0.993. The van der Waals surface area contributed by atoms with Crippen LogP contribution >= 0.6 is 23.8 Å². The minimum atomic E-state index is -0.450. The fourth-order valence-electron chi connectivity index (χ4n) is 2.16. The lowest BCUT2D eigenvalue weighted by Crippen LogP contribution is -2.34. The number of benzene rings is 1. The van der Waals surface area contributed by atoms with Crippen molar-refractivity contribution in [2.24, 2.45) is 0 Å². The molecule has 22 heavy (non-hydrogen) atoms. The second-order valence-electron chi connectivity index (χ2n) is 4.89. The van der Waals surface area contributed by atoms with Gasteiger partial charge in [0.05, 0.1) is 23.3 Å². The molecule has 0 saturated carbocycles. The van der Waals surface area contributed by atoms with Gasteiger partial charge >= 0.3 is 5.97 Å². The molecule has 7 heteroatoms. The third kappa shape index (κ3) is 4.83. The molecule has 1 fully saturated rings. The van der Waals surface area contributed by atoms with Gasteiger partial charge in [-0.25, -0.2) is 4.79 Å². The minimum absolute atomic E-state index is 0.208. The van der Waals surface area contributed by atoms with Gasteiger partial charge in [-0.2, -0.15) is 0 Å². The number of nitrogens with one attached hydrogen (secondary N) is 2. The SMILES string of the molecule is CCOC(=O)c1cc(NC(=S)NC[C@@H]2CCCO2)ccc1Cl. The van der Waals surface area contributed by atoms with Crippen LogP contribution in [0.5, 0.6) is 0 Å². The van der Waals surface area contributed by atoms with Crippen molar-refractivity contribution in [1.82, 2.24) is 5.32 Å². The van der Waals surface area contributed by atoms with Gasteiger partial charge in [0.2, 0.25) is 0 Å². The number of rotatable bonds is 5. The number of esters is 1. The maximum atomic E-state index is 11.8. The van der Waals surface area contributed by atoms with Crippen LogP contribution in [0.15, 0.2) is 18.2 Å². The summed E-state index contributed by atoms with van der Waals surface area (Å²) in [4.78, 5) is 11.8. The van der Waals surface area contributed by atoms with Gasteiger partial charge in [-0.15, -0.1) is 0 Å². The van der Waals surface area contributed by atoms with Crippen molar-refractivity contribution in [2.75, 3.05) is 25.1 Å². The van der Waals surface area contributed by atoms with E-state index in [1.54, 1.807) is 25.1 Å². The first kappa shape index (κ1) is 17.0. The Morgan fingerprint density at radius 3 is 3.05 bits per heavy atom. The van der Waals surface area contributed by atoms with Crippen LogP contribution in [0.3, 0.4) is 0 Å². The molecule has 0 unspecified atom stereocenters. The average molecular weight is 343 g/mol. The Kier molecular flexibility index (Phi) is 6.42. The normalized spacial score (nSPS) is 17.1. The van der Waals surface area contributed by atoms with Gasteiger partial charge in [0.1, 0.15) is 0 Å². The third-order valence-corrected chi connectivity index (χ3v) is 3.81. The first-order valence-corrected chi connectivity index (χ1v) is 8.02. The highest BCUT2D eigenvalue weighted by Gasteiger charge is 2.16. The number of carbonyl (C=O) groups excluding carboxylic acids is 1. The summed E-state index contributed by atoms with van der Waals surface area (Å²) in [5.74, 6) is -0.450. The zero-order chi connectivity index (χ0) is 15.9. The van der Waals surface area contributed by atoms with Crippen LogP contribution in [0.2, 0.25) is 5.02 Å². The minimum Gasteiger partial charge on any atom is -0.462 e. The number of thiocarbonyl (C=S) groups is 1. The summed E-state index contributed by atoms with van der Waals surface area (Å²) >= 11 is 11.3. The van der Waals surface area contributed by atoms with E-state index in [-0.39, 0.29) is 6.10 Å². The zero-order valence-electron chi connectivity index (χ0n) is 12.4. The summed E-state index contributed by atoms with van der Waals surface area (Å²) in [6, 6.07) is 5.02. The fourth-order valence-corrected chi connectivity index (χ4v) is 2.55. The predicted molar refractivity (Wildman–Crippen MR) is 90.6 cm³/mol. The molecule has 1 atom stereocenters. The number of halogens is 1. The number of hydrogen-bond acceptors (Lipinski definition) is 4. The Bertz CT molecular complexity index is 548. The Balaban J connectivity index is 1.92. The molecule has 1 saturated heterocycles. The van der Waals surface area contributed by atoms with Crippen molar-refractivity contribution in [2.45, 2.75) is 25.9 Å². The molecule has 1 aromatic carbocycles. The van der Waals surface area contributed by atoms with E-state index in [0.717, 1.165) is 19.4 Å². The van der Waals surface area contributed by atoms with E-state index in [1.165, 1.54) is 0 Å². The fraction of sp³-hybridized carbons (Fsp3) is 0.467. The van der Waals surface area contributed by atoms with Crippen LogP contribution in [-0.2, 0) is 9.47 Å². The topological polar surface area (TPSA) is 59.6 Å². The van der Waals surface area contributed by atoms with E-state index in [9.17, 15) is 4.79 Å². The number of anilines is 1. The van der Waals surface area contributed by atoms with Crippen molar-refractivity contribution >= 4 is 40.6 Å². The Labute approximate surface area is 140 Å². The van der Waals surface area contributed by atoms with Crippen LogP contribution in [0.1, 0.15) is 30.1 Å². The highest BCUT2D eigenvalue weighted by Crippen LogP contribution is 2.21. The first-order valence-electron chi connectivity index (χ1n) is 7.23. The molecule has 1 aromatic rings. The van der Waals surface area contributed by atoms with Crippen molar-refractivity contribution in [3.63, 3.8) is 0 Å². The Hall–Kier alpha value is -1.37.